The van der Waals surface area contributed by atoms with Crippen molar-refractivity contribution in [3.8, 4) is 0 Å². The molecule has 0 radical (unpaired) electrons. The van der Waals surface area contributed by atoms with Gasteiger partial charge in [-0.1, -0.05) is 76.6 Å². The van der Waals surface area contributed by atoms with E-state index in [-0.39, 0.29) is 0 Å². The lowest BCUT2D eigenvalue weighted by Gasteiger charge is -2.11. The molecule has 0 fully saturated rings. The van der Waals surface area contributed by atoms with E-state index in [1.165, 1.54) is 37.9 Å². The topological polar surface area (TPSA) is 0 Å². The second kappa shape index (κ2) is 4.60. The number of hydrogen-bond acceptors (Lipinski definition) is 0. The molecule has 0 aromatic heterocycles. The lowest BCUT2D eigenvalue weighted by Crippen LogP contribution is -1.86. The Morgan fingerprint density at radius 1 is 0.650 bits per heavy atom. The lowest BCUT2D eigenvalue weighted by molar-refractivity contribution is 1.52. The van der Waals surface area contributed by atoms with Crippen LogP contribution in [-0.4, -0.2) is 0 Å². The number of alkyl halides is 1. The smallest absolute Gasteiger partial charge is 0.0289 e. The van der Waals surface area contributed by atoms with Crippen molar-refractivity contribution in [2.75, 3.05) is 0 Å². The number of halogens is 1. The van der Waals surface area contributed by atoms with Crippen LogP contribution in [0.1, 0.15) is 5.56 Å². The highest BCUT2D eigenvalue weighted by Gasteiger charge is 2.08. The van der Waals surface area contributed by atoms with Crippen LogP contribution in [0.25, 0.3) is 32.3 Å². The summed E-state index contributed by atoms with van der Waals surface area (Å²) >= 11 is 3.63. The van der Waals surface area contributed by atoms with Gasteiger partial charge in [-0.3, -0.25) is 0 Å². The molecule has 0 nitrogen and oxygen atoms in total. The number of fused-ring (bicyclic) bond motifs is 5. The summed E-state index contributed by atoms with van der Waals surface area (Å²) in [7, 11) is 0. The van der Waals surface area contributed by atoms with Crippen LogP contribution in [0.15, 0.2) is 66.7 Å². The fourth-order valence-corrected chi connectivity index (χ4v) is 3.52. The third kappa shape index (κ3) is 1.66. The highest BCUT2D eigenvalue weighted by Crippen LogP contribution is 2.35. The molecule has 1 heteroatoms. The first-order chi connectivity index (χ1) is 9.88. The maximum Gasteiger partial charge on any atom is 0.0289 e. The molecule has 0 aliphatic rings. The molecule has 0 unspecified atom stereocenters. The SMILES string of the molecule is BrCc1cc2ccccc2c2c1ccc1ccccc12. The van der Waals surface area contributed by atoms with E-state index in [1.54, 1.807) is 0 Å². The Morgan fingerprint density at radius 2 is 1.30 bits per heavy atom. The third-order valence-electron chi connectivity index (χ3n) is 3.98. The molecule has 0 spiro atoms. The average molecular weight is 321 g/mol. The van der Waals surface area contributed by atoms with Gasteiger partial charge in [0.2, 0.25) is 0 Å². The maximum absolute atomic E-state index is 3.63. The summed E-state index contributed by atoms with van der Waals surface area (Å²) < 4.78 is 0. The first-order valence-corrected chi connectivity index (χ1v) is 7.89. The zero-order valence-electron chi connectivity index (χ0n) is 10.9. The molecule has 4 aromatic carbocycles. The van der Waals surface area contributed by atoms with E-state index in [0.717, 1.165) is 5.33 Å². The van der Waals surface area contributed by atoms with E-state index in [1.807, 2.05) is 0 Å². The van der Waals surface area contributed by atoms with Gasteiger partial charge in [-0.25, -0.2) is 0 Å². The number of benzene rings is 4. The summed E-state index contributed by atoms with van der Waals surface area (Å²) in [6, 6.07) is 24.1. The highest BCUT2D eigenvalue weighted by molar-refractivity contribution is 9.08. The average Bonchev–Trinajstić information content (AvgIpc) is 2.53. The normalized spacial score (nSPS) is 11.4. The molecule has 4 rings (SSSR count). The van der Waals surface area contributed by atoms with E-state index < -0.39 is 0 Å². The fourth-order valence-electron chi connectivity index (χ4n) is 3.06. The summed E-state index contributed by atoms with van der Waals surface area (Å²) in [6.45, 7) is 0. The predicted octanol–water partition coefficient (Wildman–Crippen LogP) is 6.04. The van der Waals surface area contributed by atoms with E-state index in [0.29, 0.717) is 0 Å². The molecular weight excluding hydrogens is 308 g/mol. The Kier molecular flexibility index (Phi) is 2.75. The molecule has 0 aliphatic heterocycles. The molecule has 0 atom stereocenters. The standard InChI is InChI=1S/C19H13Br/c20-12-15-11-14-6-2-4-8-17(14)19-16-7-3-1-5-13(16)9-10-18(15)19/h1-11H,12H2. The van der Waals surface area contributed by atoms with Crippen LogP contribution in [0, 0.1) is 0 Å². The summed E-state index contributed by atoms with van der Waals surface area (Å²) in [5.41, 5.74) is 1.35. The molecular formula is C19H13Br. The van der Waals surface area contributed by atoms with Crippen LogP contribution < -0.4 is 0 Å². The van der Waals surface area contributed by atoms with E-state index in [4.69, 9.17) is 0 Å². The first-order valence-electron chi connectivity index (χ1n) is 6.76. The van der Waals surface area contributed by atoms with Crippen LogP contribution in [0.5, 0.6) is 0 Å². The van der Waals surface area contributed by atoms with Crippen molar-refractivity contribution in [1.82, 2.24) is 0 Å². The third-order valence-corrected chi connectivity index (χ3v) is 4.58. The highest BCUT2D eigenvalue weighted by atomic mass is 79.9. The van der Waals surface area contributed by atoms with Crippen molar-refractivity contribution < 1.29 is 0 Å². The number of hydrogen-bond donors (Lipinski definition) is 0. The second-order valence-electron chi connectivity index (χ2n) is 5.10. The Morgan fingerprint density at radius 3 is 2.05 bits per heavy atom. The molecule has 0 heterocycles. The van der Waals surface area contributed by atoms with Crippen LogP contribution >= 0.6 is 15.9 Å². The zero-order valence-corrected chi connectivity index (χ0v) is 12.5. The molecule has 20 heavy (non-hydrogen) atoms. The summed E-state index contributed by atoms with van der Waals surface area (Å²) in [4.78, 5) is 0. The largest absolute Gasteiger partial charge is 0.0876 e. The summed E-state index contributed by atoms with van der Waals surface area (Å²) in [5.74, 6) is 0. The van der Waals surface area contributed by atoms with Crippen molar-refractivity contribution in [1.29, 1.82) is 0 Å². The van der Waals surface area contributed by atoms with Crippen molar-refractivity contribution in [3.63, 3.8) is 0 Å². The van der Waals surface area contributed by atoms with Crippen molar-refractivity contribution in [3.05, 3.63) is 72.3 Å². The van der Waals surface area contributed by atoms with Gasteiger partial charge in [0.1, 0.15) is 0 Å². The molecule has 0 bridgehead atoms. The van der Waals surface area contributed by atoms with Crippen LogP contribution in [-0.2, 0) is 5.33 Å². The Hall–Kier alpha value is -1.86. The van der Waals surface area contributed by atoms with Gasteiger partial charge in [-0.15, -0.1) is 0 Å². The van der Waals surface area contributed by atoms with Crippen LogP contribution in [0.3, 0.4) is 0 Å². The molecule has 96 valence electrons. The molecule has 0 saturated carbocycles. The van der Waals surface area contributed by atoms with Crippen LogP contribution in [0.2, 0.25) is 0 Å². The molecule has 0 saturated heterocycles. The predicted molar refractivity (Wildman–Crippen MR) is 91.6 cm³/mol. The van der Waals surface area contributed by atoms with Gasteiger partial charge in [0, 0.05) is 5.33 Å². The van der Waals surface area contributed by atoms with Crippen molar-refractivity contribution >= 4 is 48.2 Å². The minimum atomic E-state index is 0.882. The Labute approximate surface area is 126 Å². The quantitative estimate of drug-likeness (QED) is 0.296. The van der Waals surface area contributed by atoms with Gasteiger partial charge in [0.15, 0.2) is 0 Å². The summed E-state index contributed by atoms with van der Waals surface area (Å²) in [6.07, 6.45) is 0. The molecule has 0 aliphatic carbocycles. The number of rotatable bonds is 1. The van der Waals surface area contributed by atoms with E-state index in [2.05, 4.69) is 82.7 Å². The minimum absolute atomic E-state index is 0.882. The van der Waals surface area contributed by atoms with Gasteiger partial charge in [-0.05, 0) is 43.9 Å². The van der Waals surface area contributed by atoms with Gasteiger partial charge in [0.25, 0.3) is 0 Å². The van der Waals surface area contributed by atoms with Crippen LogP contribution in [0.4, 0.5) is 0 Å². The lowest BCUT2D eigenvalue weighted by atomic mass is 9.93. The second-order valence-corrected chi connectivity index (χ2v) is 5.66. The van der Waals surface area contributed by atoms with Gasteiger partial charge >= 0.3 is 0 Å². The van der Waals surface area contributed by atoms with E-state index >= 15 is 0 Å². The van der Waals surface area contributed by atoms with E-state index in [9.17, 15) is 0 Å². The molecule has 0 amide bonds. The fraction of sp³-hybridized carbons (Fsp3) is 0.0526. The van der Waals surface area contributed by atoms with Gasteiger partial charge in [-0.2, -0.15) is 0 Å². The Balaban J connectivity index is 2.36. The molecule has 4 aromatic rings. The summed E-state index contributed by atoms with van der Waals surface area (Å²) in [5, 5.41) is 8.89. The van der Waals surface area contributed by atoms with Gasteiger partial charge in [0.05, 0.1) is 0 Å². The monoisotopic (exact) mass is 320 g/mol. The first kappa shape index (κ1) is 11.9. The Bertz CT molecular complexity index is 922. The minimum Gasteiger partial charge on any atom is -0.0876 e. The van der Waals surface area contributed by atoms with Crippen molar-refractivity contribution in [2.45, 2.75) is 5.33 Å². The zero-order chi connectivity index (χ0) is 13.5. The maximum atomic E-state index is 3.63. The molecule has 0 N–H and O–H groups in total. The van der Waals surface area contributed by atoms with Crippen molar-refractivity contribution in [2.24, 2.45) is 0 Å². The van der Waals surface area contributed by atoms with Gasteiger partial charge < -0.3 is 0 Å².